The molecule has 0 aliphatic rings. The number of hydrogen-bond donors (Lipinski definition) is 1. The second-order valence-corrected chi connectivity index (χ2v) is 7.76. The van der Waals surface area contributed by atoms with Gasteiger partial charge in [0.05, 0.1) is 0 Å². The molecule has 0 atom stereocenters. The van der Waals surface area contributed by atoms with Crippen molar-refractivity contribution in [2.75, 3.05) is 18.5 Å². The minimum absolute atomic E-state index is 0.514. The Morgan fingerprint density at radius 1 is 1.20 bits per heavy atom. The summed E-state index contributed by atoms with van der Waals surface area (Å²) in [4.78, 5) is 10.8. The zero-order valence-electron chi connectivity index (χ0n) is 6.98. The molecule has 0 saturated heterocycles. The van der Waals surface area contributed by atoms with Crippen molar-refractivity contribution in [3.05, 3.63) is 0 Å². The fourth-order valence-corrected chi connectivity index (χ4v) is 3.61. The van der Waals surface area contributed by atoms with Crippen molar-refractivity contribution in [3.63, 3.8) is 0 Å². The molecule has 2 nitrogen and oxygen atoms in total. The van der Waals surface area contributed by atoms with Gasteiger partial charge in [0.2, 0.25) is 0 Å². The van der Waals surface area contributed by atoms with Crippen molar-refractivity contribution in [1.82, 2.24) is 0 Å². The van der Waals surface area contributed by atoms with Gasteiger partial charge in [-0.3, -0.25) is 0 Å². The first-order chi connectivity index (χ1) is 4.63. The maximum atomic E-state index is 10.8. The Labute approximate surface area is 63.0 Å². The van der Waals surface area contributed by atoms with Crippen LogP contribution in [0.3, 0.4) is 0 Å². The fraction of sp³-hybridized carbons (Fsp3) is 0.857. The van der Waals surface area contributed by atoms with Crippen molar-refractivity contribution < 1.29 is 9.90 Å². The van der Waals surface area contributed by atoms with Gasteiger partial charge in [-0.1, -0.05) is 0 Å². The average Bonchev–Trinajstić information content (AvgIpc) is 1.92. The molecule has 0 saturated carbocycles. The molecule has 0 spiro atoms. The molecule has 62 valence electrons. The molecular formula is C7H17O2P. The first-order valence-corrected chi connectivity index (χ1v) is 6.48. The van der Waals surface area contributed by atoms with Crippen LogP contribution in [0.5, 0.6) is 0 Å². The second kappa shape index (κ2) is 3.92. The Morgan fingerprint density at radius 2 is 1.50 bits per heavy atom. The molecule has 0 aliphatic carbocycles. The third-order valence-corrected chi connectivity index (χ3v) is 7.45. The third kappa shape index (κ3) is 1.69. The number of carboxylic acid groups (broad SMARTS) is 1. The average molecular weight is 164 g/mol. The van der Waals surface area contributed by atoms with Crippen molar-refractivity contribution in [1.29, 1.82) is 0 Å². The Balaban J connectivity index is 4.31. The van der Waals surface area contributed by atoms with Gasteiger partial charge in [0.25, 0.3) is 0 Å². The zero-order valence-corrected chi connectivity index (χ0v) is 7.98. The van der Waals surface area contributed by atoms with E-state index in [9.17, 15) is 4.79 Å². The van der Waals surface area contributed by atoms with Gasteiger partial charge in [-0.15, -0.1) is 0 Å². The van der Waals surface area contributed by atoms with Gasteiger partial charge in [0, 0.05) is 0 Å². The molecular weight excluding hydrogens is 147 g/mol. The van der Waals surface area contributed by atoms with Gasteiger partial charge >= 0.3 is 62.1 Å². The van der Waals surface area contributed by atoms with Crippen LogP contribution in [0.25, 0.3) is 0 Å². The van der Waals surface area contributed by atoms with Gasteiger partial charge in [-0.2, -0.15) is 0 Å². The monoisotopic (exact) mass is 164 g/mol. The van der Waals surface area contributed by atoms with Crippen molar-refractivity contribution >= 4 is 13.0 Å². The Morgan fingerprint density at radius 3 is 1.50 bits per heavy atom. The molecule has 0 fully saturated rings. The molecule has 0 bridgehead atoms. The molecule has 0 aromatic heterocycles. The molecule has 10 heavy (non-hydrogen) atoms. The molecule has 3 heteroatoms. The summed E-state index contributed by atoms with van der Waals surface area (Å²) in [5.41, 5.74) is -0.514. The van der Waals surface area contributed by atoms with E-state index in [1.807, 2.05) is 20.8 Å². The van der Waals surface area contributed by atoms with Crippen LogP contribution in [0.2, 0.25) is 0 Å². The number of rotatable bonds is 4. The van der Waals surface area contributed by atoms with Gasteiger partial charge in [0.1, 0.15) is 0 Å². The van der Waals surface area contributed by atoms with E-state index in [2.05, 4.69) is 0 Å². The number of carbonyl (C=O) groups is 1. The predicted molar refractivity (Wildman–Crippen MR) is 48.0 cm³/mol. The SMILES string of the molecule is CC[PH](CC)(CC)C(=O)O. The van der Waals surface area contributed by atoms with Gasteiger partial charge < -0.3 is 0 Å². The van der Waals surface area contributed by atoms with Crippen molar-refractivity contribution in [3.8, 4) is 0 Å². The molecule has 0 aliphatic heterocycles. The van der Waals surface area contributed by atoms with Crippen molar-refractivity contribution in [2.24, 2.45) is 0 Å². The Bertz CT molecular complexity index is 111. The predicted octanol–water partition coefficient (Wildman–Crippen LogP) is 2.47. The Hall–Kier alpha value is -0.100. The van der Waals surface area contributed by atoms with E-state index in [1.165, 1.54) is 0 Å². The standard InChI is InChI=1S/C7H17O2P/c1-4-10(5-2,6-3)7(8)9/h10H,4-6H2,1-3H3,(H,8,9). The van der Waals surface area contributed by atoms with E-state index in [0.717, 1.165) is 18.5 Å². The topological polar surface area (TPSA) is 37.3 Å². The normalized spacial score (nSPS) is 13.1. The van der Waals surface area contributed by atoms with Crippen LogP contribution >= 0.6 is 7.26 Å². The van der Waals surface area contributed by atoms with Crippen molar-refractivity contribution in [2.45, 2.75) is 20.8 Å². The van der Waals surface area contributed by atoms with Crippen LogP contribution in [0.1, 0.15) is 20.8 Å². The van der Waals surface area contributed by atoms with Crippen LogP contribution < -0.4 is 0 Å². The van der Waals surface area contributed by atoms with Gasteiger partial charge in [-0.05, 0) is 0 Å². The van der Waals surface area contributed by atoms with E-state index < -0.39 is 13.0 Å². The Kier molecular flexibility index (Phi) is 3.88. The molecule has 1 N–H and O–H groups in total. The zero-order chi connectivity index (χ0) is 8.20. The van der Waals surface area contributed by atoms with Crippen LogP contribution in [0.4, 0.5) is 4.79 Å². The minimum atomic E-state index is -1.88. The quantitative estimate of drug-likeness (QED) is 0.648. The van der Waals surface area contributed by atoms with E-state index in [4.69, 9.17) is 5.11 Å². The summed E-state index contributed by atoms with van der Waals surface area (Å²) in [7, 11) is -1.88. The molecule has 0 aromatic rings. The first kappa shape index (κ1) is 9.90. The summed E-state index contributed by atoms with van der Waals surface area (Å²) in [6, 6.07) is 0. The van der Waals surface area contributed by atoms with E-state index in [-0.39, 0.29) is 0 Å². The van der Waals surface area contributed by atoms with Gasteiger partial charge in [0.15, 0.2) is 0 Å². The summed E-state index contributed by atoms with van der Waals surface area (Å²) < 4.78 is 0. The summed E-state index contributed by atoms with van der Waals surface area (Å²) in [6.07, 6.45) is 2.61. The van der Waals surface area contributed by atoms with Gasteiger partial charge in [-0.25, -0.2) is 0 Å². The van der Waals surface area contributed by atoms with E-state index in [0.29, 0.717) is 0 Å². The molecule has 0 radical (unpaired) electrons. The fourth-order valence-electron chi connectivity index (χ4n) is 1.20. The summed E-state index contributed by atoms with van der Waals surface area (Å²) in [5, 5.41) is 8.89. The summed E-state index contributed by atoms with van der Waals surface area (Å²) >= 11 is 0. The van der Waals surface area contributed by atoms with Crippen LogP contribution in [-0.2, 0) is 0 Å². The molecule has 0 rings (SSSR count). The van der Waals surface area contributed by atoms with Crippen LogP contribution in [0, 0.1) is 0 Å². The molecule has 0 aromatic carbocycles. The van der Waals surface area contributed by atoms with E-state index in [1.54, 1.807) is 0 Å². The second-order valence-electron chi connectivity index (χ2n) is 2.65. The number of hydrogen-bond acceptors (Lipinski definition) is 1. The molecule has 0 heterocycles. The van der Waals surface area contributed by atoms with E-state index >= 15 is 0 Å². The molecule has 0 unspecified atom stereocenters. The van der Waals surface area contributed by atoms with Crippen LogP contribution in [0.15, 0.2) is 0 Å². The maximum absolute atomic E-state index is 10.8. The summed E-state index contributed by atoms with van der Waals surface area (Å²) in [6.45, 7) is 5.98. The third-order valence-electron chi connectivity index (χ3n) is 2.48. The first-order valence-electron chi connectivity index (χ1n) is 3.86. The summed E-state index contributed by atoms with van der Waals surface area (Å²) in [5.74, 6) is 0. The van der Waals surface area contributed by atoms with Crippen LogP contribution in [-0.4, -0.2) is 29.3 Å². The molecule has 0 amide bonds.